The van der Waals surface area contributed by atoms with E-state index in [1.165, 1.54) is 25.7 Å². The number of methoxy groups -OCH3 is 1. The fourth-order valence-electron chi connectivity index (χ4n) is 3.19. The van der Waals surface area contributed by atoms with Gasteiger partial charge in [0.15, 0.2) is 11.6 Å². The van der Waals surface area contributed by atoms with Crippen molar-refractivity contribution in [3.05, 3.63) is 18.3 Å². The third kappa shape index (κ3) is 1.92. The first-order chi connectivity index (χ1) is 8.29. The molecule has 2 aliphatic rings. The largest absolute Gasteiger partial charge is 0.493 e. The highest BCUT2D eigenvalue weighted by atomic mass is 79.9. The molecule has 92 valence electrons. The van der Waals surface area contributed by atoms with E-state index in [1.54, 1.807) is 7.11 Å². The van der Waals surface area contributed by atoms with Gasteiger partial charge in [-0.25, -0.2) is 4.98 Å². The van der Waals surface area contributed by atoms with E-state index in [-0.39, 0.29) is 0 Å². The van der Waals surface area contributed by atoms with Crippen LogP contribution in [0.5, 0.6) is 5.75 Å². The molecule has 1 aromatic rings. The second-order valence-electron chi connectivity index (χ2n) is 4.89. The van der Waals surface area contributed by atoms with Crippen molar-refractivity contribution in [3.63, 3.8) is 0 Å². The molecule has 2 saturated heterocycles. The van der Waals surface area contributed by atoms with Crippen LogP contribution in [0.15, 0.2) is 18.3 Å². The van der Waals surface area contributed by atoms with Crippen LogP contribution < -0.4 is 9.64 Å². The van der Waals surface area contributed by atoms with Crippen LogP contribution >= 0.6 is 15.9 Å². The SMILES string of the molecule is COc1cccnc1N1C2CCC1CC(Br)C2. The molecule has 0 saturated carbocycles. The van der Waals surface area contributed by atoms with E-state index >= 15 is 0 Å². The van der Waals surface area contributed by atoms with Crippen molar-refractivity contribution in [2.45, 2.75) is 42.6 Å². The zero-order valence-electron chi connectivity index (χ0n) is 9.97. The van der Waals surface area contributed by atoms with Crippen LogP contribution in [0.2, 0.25) is 0 Å². The number of ether oxygens (including phenoxy) is 1. The Labute approximate surface area is 110 Å². The van der Waals surface area contributed by atoms with E-state index < -0.39 is 0 Å². The van der Waals surface area contributed by atoms with Crippen LogP contribution in [0.3, 0.4) is 0 Å². The average molecular weight is 297 g/mol. The quantitative estimate of drug-likeness (QED) is 0.785. The van der Waals surface area contributed by atoms with Crippen molar-refractivity contribution in [2.75, 3.05) is 12.0 Å². The second-order valence-corrected chi connectivity index (χ2v) is 6.19. The average Bonchev–Trinajstić information content (AvgIpc) is 2.61. The molecule has 1 aromatic heterocycles. The van der Waals surface area contributed by atoms with Gasteiger partial charge in [0.2, 0.25) is 0 Å². The lowest BCUT2D eigenvalue weighted by Crippen LogP contribution is -2.43. The number of piperidine rings is 1. The number of hydrogen-bond acceptors (Lipinski definition) is 3. The van der Waals surface area contributed by atoms with Gasteiger partial charge in [0.05, 0.1) is 7.11 Å². The summed E-state index contributed by atoms with van der Waals surface area (Å²) in [4.78, 5) is 7.68. The number of nitrogens with zero attached hydrogens (tertiary/aromatic N) is 2. The minimum atomic E-state index is 0.627. The Morgan fingerprint density at radius 2 is 2.06 bits per heavy atom. The van der Waals surface area contributed by atoms with Gasteiger partial charge in [-0.05, 0) is 37.8 Å². The highest BCUT2D eigenvalue weighted by Gasteiger charge is 2.41. The number of alkyl halides is 1. The topological polar surface area (TPSA) is 25.4 Å². The number of rotatable bonds is 2. The number of fused-ring (bicyclic) bond motifs is 2. The molecule has 0 aromatic carbocycles. The Hall–Kier alpha value is -0.770. The molecule has 17 heavy (non-hydrogen) atoms. The van der Waals surface area contributed by atoms with E-state index in [0.29, 0.717) is 16.9 Å². The number of aromatic nitrogens is 1. The van der Waals surface area contributed by atoms with Crippen molar-refractivity contribution in [1.29, 1.82) is 0 Å². The molecule has 3 heterocycles. The van der Waals surface area contributed by atoms with Crippen LogP contribution in [-0.2, 0) is 0 Å². The van der Waals surface area contributed by atoms with Crippen molar-refractivity contribution in [3.8, 4) is 5.75 Å². The lowest BCUT2D eigenvalue weighted by molar-refractivity contribution is 0.403. The molecule has 2 bridgehead atoms. The lowest BCUT2D eigenvalue weighted by atomic mass is 10.0. The predicted octanol–water partition coefficient (Wildman–Crippen LogP) is 2.98. The zero-order chi connectivity index (χ0) is 11.8. The number of halogens is 1. The Morgan fingerprint density at radius 3 is 2.71 bits per heavy atom. The maximum absolute atomic E-state index is 5.43. The Kier molecular flexibility index (Phi) is 2.99. The summed E-state index contributed by atoms with van der Waals surface area (Å²) in [5.74, 6) is 1.93. The van der Waals surface area contributed by atoms with Gasteiger partial charge in [-0.1, -0.05) is 15.9 Å². The fourth-order valence-corrected chi connectivity index (χ4v) is 4.05. The second kappa shape index (κ2) is 4.48. The molecule has 0 N–H and O–H groups in total. The first kappa shape index (κ1) is 11.3. The van der Waals surface area contributed by atoms with Crippen molar-refractivity contribution >= 4 is 21.7 Å². The van der Waals surface area contributed by atoms with E-state index in [4.69, 9.17) is 4.74 Å². The van der Waals surface area contributed by atoms with Gasteiger partial charge < -0.3 is 9.64 Å². The molecule has 2 atom stereocenters. The smallest absolute Gasteiger partial charge is 0.171 e. The predicted molar refractivity (Wildman–Crippen MR) is 72.0 cm³/mol. The molecule has 4 heteroatoms. The molecule has 0 radical (unpaired) electrons. The van der Waals surface area contributed by atoms with E-state index in [9.17, 15) is 0 Å². The maximum Gasteiger partial charge on any atom is 0.171 e. The summed E-state index contributed by atoms with van der Waals surface area (Å²) < 4.78 is 5.43. The number of pyridine rings is 1. The minimum Gasteiger partial charge on any atom is -0.493 e. The highest BCUT2D eigenvalue weighted by Crippen LogP contribution is 2.43. The van der Waals surface area contributed by atoms with Crippen LogP contribution in [0, 0.1) is 0 Å². The molecule has 0 aliphatic carbocycles. The van der Waals surface area contributed by atoms with Gasteiger partial charge in [-0.2, -0.15) is 0 Å². The molecule has 2 unspecified atom stereocenters. The summed E-state index contributed by atoms with van der Waals surface area (Å²) in [7, 11) is 1.72. The molecular formula is C13H17BrN2O. The fraction of sp³-hybridized carbons (Fsp3) is 0.615. The zero-order valence-corrected chi connectivity index (χ0v) is 11.6. The summed E-state index contributed by atoms with van der Waals surface area (Å²) in [5.41, 5.74) is 0. The molecule has 0 amide bonds. The summed E-state index contributed by atoms with van der Waals surface area (Å²) >= 11 is 3.77. The van der Waals surface area contributed by atoms with Crippen molar-refractivity contribution in [1.82, 2.24) is 4.98 Å². The molecule has 2 fully saturated rings. The molecule has 2 aliphatic heterocycles. The van der Waals surface area contributed by atoms with Gasteiger partial charge >= 0.3 is 0 Å². The van der Waals surface area contributed by atoms with Gasteiger partial charge in [0, 0.05) is 23.1 Å². The number of hydrogen-bond donors (Lipinski definition) is 0. The molecule has 0 spiro atoms. The van der Waals surface area contributed by atoms with Gasteiger partial charge in [0.1, 0.15) is 0 Å². The van der Waals surface area contributed by atoms with E-state index in [0.717, 1.165) is 11.6 Å². The Bertz CT molecular complexity index is 398. The minimum absolute atomic E-state index is 0.627. The Balaban J connectivity index is 1.94. The first-order valence-corrected chi connectivity index (χ1v) is 7.12. The van der Waals surface area contributed by atoms with Gasteiger partial charge in [0.25, 0.3) is 0 Å². The molecular weight excluding hydrogens is 280 g/mol. The van der Waals surface area contributed by atoms with Crippen LogP contribution in [0.4, 0.5) is 5.82 Å². The Morgan fingerprint density at radius 1 is 1.35 bits per heavy atom. The van der Waals surface area contributed by atoms with Crippen molar-refractivity contribution in [2.24, 2.45) is 0 Å². The van der Waals surface area contributed by atoms with Gasteiger partial charge in [-0.15, -0.1) is 0 Å². The first-order valence-electron chi connectivity index (χ1n) is 6.21. The van der Waals surface area contributed by atoms with Crippen LogP contribution in [0.25, 0.3) is 0 Å². The summed E-state index contributed by atoms with van der Waals surface area (Å²) in [6.45, 7) is 0. The normalized spacial score (nSPS) is 31.6. The number of anilines is 1. The highest BCUT2D eigenvalue weighted by molar-refractivity contribution is 9.09. The van der Waals surface area contributed by atoms with Crippen molar-refractivity contribution < 1.29 is 4.74 Å². The maximum atomic E-state index is 5.43. The van der Waals surface area contributed by atoms with E-state index in [2.05, 4.69) is 25.8 Å². The monoisotopic (exact) mass is 296 g/mol. The summed E-state index contributed by atoms with van der Waals surface area (Å²) in [6, 6.07) is 5.19. The van der Waals surface area contributed by atoms with Gasteiger partial charge in [-0.3, -0.25) is 0 Å². The van der Waals surface area contributed by atoms with Crippen LogP contribution in [-0.4, -0.2) is 29.0 Å². The van der Waals surface area contributed by atoms with Crippen LogP contribution in [0.1, 0.15) is 25.7 Å². The molecule has 3 nitrogen and oxygen atoms in total. The summed E-state index contributed by atoms with van der Waals surface area (Å²) in [6.07, 6.45) is 6.86. The lowest BCUT2D eigenvalue weighted by Gasteiger charge is -2.38. The summed E-state index contributed by atoms with van der Waals surface area (Å²) in [5, 5.41) is 0. The molecule has 3 rings (SSSR count). The third-order valence-corrected chi connectivity index (χ3v) is 4.64. The standard InChI is InChI=1S/C13H17BrN2O/c1-17-12-3-2-6-15-13(12)16-10-4-5-11(16)8-9(14)7-10/h2-3,6,9-11H,4-5,7-8H2,1H3. The third-order valence-electron chi connectivity index (χ3n) is 3.89. The van der Waals surface area contributed by atoms with E-state index in [1.807, 2.05) is 18.3 Å².